The number of benzene rings is 1. The van der Waals surface area contributed by atoms with Crippen molar-refractivity contribution >= 4 is 5.78 Å². The molecular formula is C16H24FNO. The Morgan fingerprint density at radius 3 is 2.47 bits per heavy atom. The van der Waals surface area contributed by atoms with Crippen molar-refractivity contribution in [1.82, 2.24) is 4.90 Å². The first-order valence-electron chi connectivity index (χ1n) is 6.79. The van der Waals surface area contributed by atoms with Gasteiger partial charge in [-0.05, 0) is 39.4 Å². The Balaban J connectivity index is 2.77. The highest BCUT2D eigenvalue weighted by atomic mass is 19.1. The van der Waals surface area contributed by atoms with Crippen LogP contribution < -0.4 is 0 Å². The fourth-order valence-electron chi connectivity index (χ4n) is 1.94. The molecule has 0 aliphatic heterocycles. The fourth-order valence-corrected chi connectivity index (χ4v) is 1.94. The van der Waals surface area contributed by atoms with E-state index in [0.717, 1.165) is 6.42 Å². The van der Waals surface area contributed by atoms with Crippen molar-refractivity contribution in [3.8, 4) is 0 Å². The average molecular weight is 265 g/mol. The molecule has 0 N–H and O–H groups in total. The molecule has 0 saturated heterocycles. The van der Waals surface area contributed by atoms with Gasteiger partial charge >= 0.3 is 0 Å². The summed E-state index contributed by atoms with van der Waals surface area (Å²) in [6, 6.07) is 6.19. The van der Waals surface area contributed by atoms with E-state index < -0.39 is 5.82 Å². The Morgan fingerprint density at radius 1 is 1.37 bits per heavy atom. The fraction of sp³-hybridized carbons (Fsp3) is 0.562. The molecule has 2 nitrogen and oxygen atoms in total. The van der Waals surface area contributed by atoms with Gasteiger partial charge in [0.2, 0.25) is 0 Å². The van der Waals surface area contributed by atoms with Crippen molar-refractivity contribution in [2.45, 2.75) is 39.7 Å². The SMILES string of the molecule is CCC(C)(C)N(C)CC(C)C(=O)c1ccccc1F. The van der Waals surface area contributed by atoms with Gasteiger partial charge in [0.25, 0.3) is 0 Å². The third-order valence-corrected chi connectivity index (χ3v) is 4.03. The third-order valence-electron chi connectivity index (χ3n) is 4.03. The minimum Gasteiger partial charge on any atom is -0.301 e. The molecule has 1 rings (SSSR count). The van der Waals surface area contributed by atoms with Gasteiger partial charge in [-0.2, -0.15) is 0 Å². The molecule has 0 spiro atoms. The second-order valence-corrected chi connectivity index (χ2v) is 5.79. The van der Waals surface area contributed by atoms with E-state index in [1.165, 1.54) is 6.07 Å². The maximum absolute atomic E-state index is 13.6. The molecule has 1 unspecified atom stereocenters. The van der Waals surface area contributed by atoms with Crippen LogP contribution in [0.5, 0.6) is 0 Å². The van der Waals surface area contributed by atoms with Crippen LogP contribution in [0, 0.1) is 11.7 Å². The second kappa shape index (κ2) is 6.29. The summed E-state index contributed by atoms with van der Waals surface area (Å²) in [5.74, 6) is -0.777. The lowest BCUT2D eigenvalue weighted by molar-refractivity contribution is 0.0826. The van der Waals surface area contributed by atoms with Gasteiger partial charge in [0, 0.05) is 18.0 Å². The second-order valence-electron chi connectivity index (χ2n) is 5.79. The first-order valence-corrected chi connectivity index (χ1v) is 6.79. The zero-order chi connectivity index (χ0) is 14.6. The molecule has 0 aromatic heterocycles. The van der Waals surface area contributed by atoms with E-state index >= 15 is 0 Å². The molecule has 1 aromatic carbocycles. The van der Waals surface area contributed by atoms with Gasteiger partial charge in [-0.3, -0.25) is 4.79 Å². The van der Waals surface area contributed by atoms with E-state index in [2.05, 4.69) is 25.7 Å². The lowest BCUT2D eigenvalue weighted by Gasteiger charge is -2.36. The largest absolute Gasteiger partial charge is 0.301 e. The van der Waals surface area contributed by atoms with Crippen LogP contribution in [-0.4, -0.2) is 29.8 Å². The van der Waals surface area contributed by atoms with Gasteiger partial charge in [0.1, 0.15) is 5.82 Å². The maximum Gasteiger partial charge on any atom is 0.169 e. The van der Waals surface area contributed by atoms with Crippen molar-refractivity contribution in [1.29, 1.82) is 0 Å². The molecule has 0 radical (unpaired) electrons. The molecule has 1 aromatic rings. The zero-order valence-electron chi connectivity index (χ0n) is 12.5. The Bertz CT molecular complexity index is 442. The zero-order valence-corrected chi connectivity index (χ0v) is 12.5. The minimum atomic E-state index is -0.434. The molecular weight excluding hydrogens is 241 g/mol. The summed E-state index contributed by atoms with van der Waals surface area (Å²) >= 11 is 0. The lowest BCUT2D eigenvalue weighted by Crippen LogP contribution is -2.43. The third kappa shape index (κ3) is 3.87. The summed E-state index contributed by atoms with van der Waals surface area (Å²) < 4.78 is 13.6. The van der Waals surface area contributed by atoms with Crippen molar-refractivity contribution in [3.63, 3.8) is 0 Å². The van der Waals surface area contributed by atoms with Crippen molar-refractivity contribution in [3.05, 3.63) is 35.6 Å². The normalized spacial score (nSPS) is 13.6. The van der Waals surface area contributed by atoms with Crippen LogP contribution in [-0.2, 0) is 0 Å². The number of nitrogens with zero attached hydrogens (tertiary/aromatic N) is 1. The standard InChI is InChI=1S/C16H24FNO/c1-6-16(3,4)18(5)11-12(2)15(19)13-9-7-8-10-14(13)17/h7-10,12H,6,11H2,1-5H3. The average Bonchev–Trinajstić information content (AvgIpc) is 2.38. The topological polar surface area (TPSA) is 20.3 Å². The Hall–Kier alpha value is -1.22. The number of hydrogen-bond donors (Lipinski definition) is 0. The van der Waals surface area contributed by atoms with Gasteiger partial charge in [0.15, 0.2) is 5.78 Å². The van der Waals surface area contributed by atoms with Gasteiger partial charge in [-0.25, -0.2) is 4.39 Å². The van der Waals surface area contributed by atoms with Crippen molar-refractivity contribution in [2.75, 3.05) is 13.6 Å². The van der Waals surface area contributed by atoms with Crippen LogP contribution in [0.4, 0.5) is 4.39 Å². The first-order chi connectivity index (χ1) is 8.79. The molecule has 0 aliphatic rings. The highest BCUT2D eigenvalue weighted by Gasteiger charge is 2.26. The summed E-state index contributed by atoms with van der Waals surface area (Å²) in [7, 11) is 2.01. The highest BCUT2D eigenvalue weighted by molar-refractivity contribution is 5.98. The number of carbonyl (C=O) groups excluding carboxylic acids is 1. The van der Waals surface area contributed by atoms with E-state index in [-0.39, 0.29) is 22.8 Å². The molecule has 0 heterocycles. The van der Waals surface area contributed by atoms with Gasteiger partial charge in [-0.1, -0.05) is 26.0 Å². The Labute approximate surface area is 115 Å². The van der Waals surface area contributed by atoms with Crippen molar-refractivity contribution < 1.29 is 9.18 Å². The van der Waals surface area contributed by atoms with Gasteiger partial charge in [-0.15, -0.1) is 0 Å². The van der Waals surface area contributed by atoms with E-state index in [0.29, 0.717) is 6.54 Å². The number of ketones is 1. The summed E-state index contributed by atoms with van der Waals surface area (Å²) in [6.07, 6.45) is 1.00. The molecule has 0 saturated carbocycles. The first kappa shape index (κ1) is 15.8. The van der Waals surface area contributed by atoms with Crippen LogP contribution >= 0.6 is 0 Å². The Kier molecular flexibility index (Phi) is 5.24. The minimum absolute atomic E-state index is 0.0454. The molecule has 0 amide bonds. The molecule has 19 heavy (non-hydrogen) atoms. The summed E-state index contributed by atoms with van der Waals surface area (Å²) in [5.41, 5.74) is 0.238. The van der Waals surface area contributed by atoms with Gasteiger partial charge in [0.05, 0.1) is 5.56 Å². The number of hydrogen-bond acceptors (Lipinski definition) is 2. The molecule has 0 bridgehead atoms. The Morgan fingerprint density at radius 2 is 1.95 bits per heavy atom. The predicted molar refractivity (Wildman–Crippen MR) is 76.9 cm³/mol. The van der Waals surface area contributed by atoms with Crippen LogP contribution in [0.15, 0.2) is 24.3 Å². The predicted octanol–water partition coefficient (Wildman–Crippen LogP) is 3.76. The maximum atomic E-state index is 13.6. The van der Waals surface area contributed by atoms with Crippen LogP contribution in [0.2, 0.25) is 0 Å². The highest BCUT2D eigenvalue weighted by Crippen LogP contribution is 2.20. The number of halogens is 1. The van der Waals surface area contributed by atoms with Crippen LogP contribution in [0.3, 0.4) is 0 Å². The monoisotopic (exact) mass is 265 g/mol. The van der Waals surface area contributed by atoms with Crippen molar-refractivity contribution in [2.24, 2.45) is 5.92 Å². The van der Waals surface area contributed by atoms with E-state index in [9.17, 15) is 9.18 Å². The number of rotatable bonds is 6. The van der Waals surface area contributed by atoms with E-state index in [1.807, 2.05) is 14.0 Å². The van der Waals surface area contributed by atoms with Crippen LogP contribution in [0.25, 0.3) is 0 Å². The molecule has 1 atom stereocenters. The van der Waals surface area contributed by atoms with Gasteiger partial charge < -0.3 is 4.90 Å². The quantitative estimate of drug-likeness (QED) is 0.730. The van der Waals surface area contributed by atoms with Crippen LogP contribution in [0.1, 0.15) is 44.5 Å². The number of Topliss-reactive ketones (excluding diaryl/α,β-unsaturated/α-hetero) is 1. The summed E-state index contributed by atoms with van der Waals surface area (Å²) in [4.78, 5) is 14.4. The summed E-state index contributed by atoms with van der Waals surface area (Å²) in [6.45, 7) is 8.91. The molecule has 0 fully saturated rings. The lowest BCUT2D eigenvalue weighted by atomic mass is 9.94. The smallest absolute Gasteiger partial charge is 0.169 e. The van der Waals surface area contributed by atoms with E-state index in [1.54, 1.807) is 18.2 Å². The summed E-state index contributed by atoms with van der Waals surface area (Å²) in [5, 5.41) is 0. The molecule has 3 heteroatoms. The number of carbonyl (C=O) groups is 1. The van der Waals surface area contributed by atoms with E-state index in [4.69, 9.17) is 0 Å². The molecule has 0 aliphatic carbocycles. The molecule has 106 valence electrons.